The first-order valence-corrected chi connectivity index (χ1v) is 8.16. The zero-order valence-corrected chi connectivity index (χ0v) is 12.7. The van der Waals surface area contributed by atoms with Crippen LogP contribution in [0.1, 0.15) is 27.9 Å². The SMILES string of the molecule is CN(C(=O)N1Cc2ccc(C(=O)O)cc2C1)C1CCSC1. The first-order chi connectivity index (χ1) is 10.1. The maximum absolute atomic E-state index is 12.5. The van der Waals surface area contributed by atoms with Crippen LogP contribution in [0.3, 0.4) is 0 Å². The molecule has 1 saturated heterocycles. The van der Waals surface area contributed by atoms with Crippen LogP contribution in [0.5, 0.6) is 0 Å². The van der Waals surface area contributed by atoms with E-state index in [1.54, 1.807) is 17.0 Å². The standard InChI is InChI=1S/C15H18N2O3S/c1-16(13-4-5-21-9-13)15(20)17-7-11-3-2-10(14(18)19)6-12(11)8-17/h2-3,6,13H,4-5,7-9H2,1H3,(H,18,19). The van der Waals surface area contributed by atoms with Gasteiger partial charge in [0.05, 0.1) is 5.56 Å². The summed E-state index contributed by atoms with van der Waals surface area (Å²) >= 11 is 1.89. The first kappa shape index (κ1) is 14.3. The van der Waals surface area contributed by atoms with Crippen molar-refractivity contribution in [2.24, 2.45) is 0 Å². The molecule has 1 atom stereocenters. The number of nitrogens with zero attached hydrogens (tertiary/aromatic N) is 2. The van der Waals surface area contributed by atoms with Crippen LogP contribution in [-0.2, 0) is 13.1 Å². The summed E-state index contributed by atoms with van der Waals surface area (Å²) in [4.78, 5) is 27.2. The Balaban J connectivity index is 1.71. The summed E-state index contributed by atoms with van der Waals surface area (Å²) in [6, 6.07) is 5.46. The first-order valence-electron chi connectivity index (χ1n) is 7.01. The van der Waals surface area contributed by atoms with E-state index < -0.39 is 5.97 Å². The third-order valence-electron chi connectivity index (χ3n) is 4.20. The van der Waals surface area contributed by atoms with Gasteiger partial charge in [0.25, 0.3) is 0 Å². The van der Waals surface area contributed by atoms with Crippen molar-refractivity contribution in [2.45, 2.75) is 25.6 Å². The maximum atomic E-state index is 12.5. The van der Waals surface area contributed by atoms with Gasteiger partial charge in [0.15, 0.2) is 0 Å². The average molecular weight is 306 g/mol. The lowest BCUT2D eigenvalue weighted by molar-refractivity contribution is 0.0696. The van der Waals surface area contributed by atoms with Gasteiger partial charge in [-0.25, -0.2) is 9.59 Å². The highest BCUT2D eigenvalue weighted by molar-refractivity contribution is 7.99. The summed E-state index contributed by atoms with van der Waals surface area (Å²) < 4.78 is 0. The molecule has 2 aliphatic rings. The van der Waals surface area contributed by atoms with Crippen LogP contribution in [0, 0.1) is 0 Å². The summed E-state index contributed by atoms with van der Waals surface area (Å²) in [6.45, 7) is 1.07. The van der Waals surface area contributed by atoms with Gasteiger partial charge in [-0.3, -0.25) is 0 Å². The molecule has 0 radical (unpaired) electrons. The number of thioether (sulfide) groups is 1. The van der Waals surface area contributed by atoms with Gasteiger partial charge >= 0.3 is 12.0 Å². The Hall–Kier alpha value is -1.69. The minimum atomic E-state index is -0.928. The van der Waals surface area contributed by atoms with Gasteiger partial charge in [-0.2, -0.15) is 11.8 Å². The highest BCUT2D eigenvalue weighted by Crippen LogP contribution is 2.27. The van der Waals surface area contributed by atoms with Gasteiger partial charge < -0.3 is 14.9 Å². The monoisotopic (exact) mass is 306 g/mol. The van der Waals surface area contributed by atoms with Crippen molar-refractivity contribution in [2.75, 3.05) is 18.6 Å². The van der Waals surface area contributed by atoms with Crippen molar-refractivity contribution in [3.8, 4) is 0 Å². The smallest absolute Gasteiger partial charge is 0.335 e. The lowest BCUT2D eigenvalue weighted by atomic mass is 10.1. The Morgan fingerprint density at radius 1 is 1.33 bits per heavy atom. The molecule has 0 spiro atoms. The number of urea groups is 1. The molecule has 0 bridgehead atoms. The normalized spacial score (nSPS) is 20.4. The fourth-order valence-corrected chi connectivity index (χ4v) is 4.14. The van der Waals surface area contributed by atoms with Crippen LogP contribution in [0.2, 0.25) is 0 Å². The Morgan fingerprint density at radius 2 is 2.10 bits per heavy atom. The van der Waals surface area contributed by atoms with Crippen LogP contribution < -0.4 is 0 Å². The average Bonchev–Trinajstić information content (AvgIpc) is 3.13. The molecule has 3 rings (SSSR count). The number of carboxylic acids is 1. The van der Waals surface area contributed by atoms with E-state index in [0.29, 0.717) is 19.1 Å². The van der Waals surface area contributed by atoms with Crippen molar-refractivity contribution < 1.29 is 14.7 Å². The second-order valence-electron chi connectivity index (χ2n) is 5.56. The third kappa shape index (κ3) is 2.72. The van der Waals surface area contributed by atoms with Crippen molar-refractivity contribution in [3.05, 3.63) is 34.9 Å². The molecule has 2 amide bonds. The van der Waals surface area contributed by atoms with Crippen LogP contribution in [0.15, 0.2) is 18.2 Å². The molecular formula is C15H18N2O3S. The van der Waals surface area contributed by atoms with Crippen molar-refractivity contribution >= 4 is 23.8 Å². The fourth-order valence-electron chi connectivity index (χ4n) is 2.87. The summed E-state index contributed by atoms with van der Waals surface area (Å²) in [5, 5.41) is 9.03. The quantitative estimate of drug-likeness (QED) is 0.910. The third-order valence-corrected chi connectivity index (χ3v) is 5.35. The molecule has 112 valence electrons. The number of hydrogen-bond donors (Lipinski definition) is 1. The number of rotatable bonds is 2. The van der Waals surface area contributed by atoms with Gasteiger partial charge in [-0.15, -0.1) is 0 Å². The van der Waals surface area contributed by atoms with Gasteiger partial charge in [0, 0.05) is 31.9 Å². The van der Waals surface area contributed by atoms with Crippen LogP contribution in [0.4, 0.5) is 4.79 Å². The Labute approximate surface area is 127 Å². The predicted molar refractivity (Wildman–Crippen MR) is 81.5 cm³/mol. The molecule has 21 heavy (non-hydrogen) atoms. The van der Waals surface area contributed by atoms with E-state index in [2.05, 4.69) is 0 Å². The van der Waals surface area contributed by atoms with Crippen molar-refractivity contribution in [1.82, 2.24) is 9.80 Å². The van der Waals surface area contributed by atoms with E-state index in [-0.39, 0.29) is 11.6 Å². The number of amides is 2. The van der Waals surface area contributed by atoms with Gasteiger partial charge in [-0.05, 0) is 35.4 Å². The zero-order chi connectivity index (χ0) is 15.0. The Bertz CT molecular complexity index is 584. The molecule has 1 aromatic carbocycles. The molecule has 2 aliphatic heterocycles. The summed E-state index contributed by atoms with van der Waals surface area (Å²) in [6.07, 6.45) is 1.05. The molecule has 1 fully saturated rings. The molecule has 6 heteroatoms. The number of carbonyl (C=O) groups is 2. The summed E-state index contributed by atoms with van der Waals surface area (Å²) in [5.41, 5.74) is 2.27. The lowest BCUT2D eigenvalue weighted by Crippen LogP contribution is -2.44. The largest absolute Gasteiger partial charge is 0.478 e. The molecule has 0 saturated carbocycles. The Morgan fingerprint density at radius 3 is 2.76 bits per heavy atom. The predicted octanol–water partition coefficient (Wildman–Crippen LogP) is 2.26. The number of benzene rings is 1. The molecule has 2 heterocycles. The molecule has 0 aromatic heterocycles. The maximum Gasteiger partial charge on any atom is 0.335 e. The zero-order valence-electron chi connectivity index (χ0n) is 11.9. The van der Waals surface area contributed by atoms with E-state index in [4.69, 9.17) is 5.11 Å². The van der Waals surface area contributed by atoms with Crippen molar-refractivity contribution in [1.29, 1.82) is 0 Å². The number of carboxylic acid groups (broad SMARTS) is 1. The number of carbonyl (C=O) groups excluding carboxylic acids is 1. The molecule has 5 nitrogen and oxygen atoms in total. The van der Waals surface area contributed by atoms with Gasteiger partial charge in [0.1, 0.15) is 0 Å². The summed E-state index contributed by atoms with van der Waals surface area (Å²) in [5.74, 6) is 1.19. The molecule has 1 aromatic rings. The second kappa shape index (κ2) is 5.60. The molecular weight excluding hydrogens is 288 g/mol. The van der Waals surface area contributed by atoms with Crippen LogP contribution >= 0.6 is 11.8 Å². The topological polar surface area (TPSA) is 60.9 Å². The number of hydrogen-bond acceptors (Lipinski definition) is 3. The van der Waals surface area contributed by atoms with E-state index in [1.807, 2.05) is 29.8 Å². The van der Waals surface area contributed by atoms with Gasteiger partial charge in [-0.1, -0.05) is 6.07 Å². The number of fused-ring (bicyclic) bond motifs is 1. The number of aromatic carboxylic acids is 1. The van der Waals surface area contributed by atoms with Crippen LogP contribution in [0.25, 0.3) is 0 Å². The van der Waals surface area contributed by atoms with Gasteiger partial charge in [0.2, 0.25) is 0 Å². The molecule has 0 aliphatic carbocycles. The van der Waals surface area contributed by atoms with Crippen LogP contribution in [-0.4, -0.2) is 51.5 Å². The Kier molecular flexibility index (Phi) is 3.80. The highest BCUT2D eigenvalue weighted by atomic mass is 32.2. The lowest BCUT2D eigenvalue weighted by Gasteiger charge is -2.28. The molecule has 1 N–H and O–H groups in total. The van der Waals surface area contributed by atoms with Crippen molar-refractivity contribution in [3.63, 3.8) is 0 Å². The van der Waals surface area contributed by atoms with E-state index in [0.717, 1.165) is 29.1 Å². The minimum absolute atomic E-state index is 0.0376. The summed E-state index contributed by atoms with van der Waals surface area (Å²) in [7, 11) is 1.87. The fraction of sp³-hybridized carbons (Fsp3) is 0.467. The van der Waals surface area contributed by atoms with E-state index >= 15 is 0 Å². The van der Waals surface area contributed by atoms with E-state index in [9.17, 15) is 9.59 Å². The molecule has 1 unspecified atom stereocenters. The van der Waals surface area contributed by atoms with E-state index in [1.165, 1.54) is 0 Å². The second-order valence-corrected chi connectivity index (χ2v) is 6.71. The minimum Gasteiger partial charge on any atom is -0.478 e. The highest BCUT2D eigenvalue weighted by Gasteiger charge is 2.30.